The summed E-state index contributed by atoms with van der Waals surface area (Å²) in [6.07, 6.45) is 0. The standard InChI is InChI=1S/C19H18FN5O2S/c1-11-22-23-19-25(11)24-16(12-3-5-13(20)6-4-12)17(28-19)18(26)21-14-7-9-15(27-2)10-8-14/h3-10,16-17,24H,1-2H3,(H,21,26)/t16-,17+/m1/s1. The molecule has 28 heavy (non-hydrogen) atoms. The van der Waals surface area contributed by atoms with Crippen LogP contribution in [0.5, 0.6) is 5.75 Å². The summed E-state index contributed by atoms with van der Waals surface area (Å²) < 4.78 is 20.3. The highest BCUT2D eigenvalue weighted by atomic mass is 32.2. The number of aryl methyl sites for hydroxylation is 1. The predicted octanol–water partition coefficient (Wildman–Crippen LogP) is 3.13. The zero-order valence-corrected chi connectivity index (χ0v) is 16.0. The number of methoxy groups -OCH3 is 1. The number of amides is 1. The van der Waals surface area contributed by atoms with E-state index in [2.05, 4.69) is 20.9 Å². The monoisotopic (exact) mass is 399 g/mol. The minimum atomic E-state index is -0.524. The summed E-state index contributed by atoms with van der Waals surface area (Å²) >= 11 is 1.32. The molecule has 3 aromatic rings. The molecular formula is C19H18FN5O2S. The van der Waals surface area contributed by atoms with Gasteiger partial charge in [0.15, 0.2) is 0 Å². The molecule has 1 aromatic heterocycles. The highest BCUT2D eigenvalue weighted by Gasteiger charge is 2.37. The second-order valence-electron chi connectivity index (χ2n) is 6.28. The van der Waals surface area contributed by atoms with Gasteiger partial charge < -0.3 is 15.5 Å². The van der Waals surface area contributed by atoms with Gasteiger partial charge in [0.2, 0.25) is 11.1 Å². The smallest absolute Gasteiger partial charge is 0.240 e. The summed E-state index contributed by atoms with van der Waals surface area (Å²) in [5, 5.41) is 11.2. The van der Waals surface area contributed by atoms with E-state index in [1.807, 2.05) is 6.92 Å². The number of nitrogens with zero attached hydrogens (tertiary/aromatic N) is 3. The molecule has 1 aliphatic heterocycles. The highest BCUT2D eigenvalue weighted by molar-refractivity contribution is 8.00. The van der Waals surface area contributed by atoms with E-state index in [9.17, 15) is 9.18 Å². The summed E-state index contributed by atoms with van der Waals surface area (Å²) in [5.74, 6) is 0.875. The Morgan fingerprint density at radius 3 is 2.57 bits per heavy atom. The van der Waals surface area contributed by atoms with Crippen molar-refractivity contribution in [3.8, 4) is 5.75 Å². The second-order valence-corrected chi connectivity index (χ2v) is 7.39. The molecule has 1 amide bonds. The molecule has 0 spiro atoms. The average molecular weight is 399 g/mol. The molecule has 0 radical (unpaired) electrons. The quantitative estimate of drug-likeness (QED) is 0.702. The average Bonchev–Trinajstić information content (AvgIpc) is 3.08. The van der Waals surface area contributed by atoms with Crippen LogP contribution in [-0.2, 0) is 4.79 Å². The summed E-state index contributed by atoms with van der Waals surface area (Å²) in [7, 11) is 1.59. The van der Waals surface area contributed by atoms with Crippen LogP contribution < -0.4 is 15.5 Å². The van der Waals surface area contributed by atoms with Crippen LogP contribution in [0.4, 0.5) is 10.1 Å². The molecule has 2 N–H and O–H groups in total. The van der Waals surface area contributed by atoms with E-state index in [0.717, 1.165) is 5.56 Å². The first-order chi connectivity index (χ1) is 13.5. The number of hydrogen-bond donors (Lipinski definition) is 2. The Labute approximate surface area is 165 Å². The lowest BCUT2D eigenvalue weighted by Crippen LogP contribution is -2.41. The maximum Gasteiger partial charge on any atom is 0.240 e. The predicted molar refractivity (Wildman–Crippen MR) is 105 cm³/mol. The first-order valence-corrected chi connectivity index (χ1v) is 9.49. The zero-order chi connectivity index (χ0) is 19.7. The molecule has 0 unspecified atom stereocenters. The Balaban J connectivity index is 1.62. The molecule has 1 aliphatic rings. The first kappa shape index (κ1) is 18.3. The van der Waals surface area contributed by atoms with Crippen LogP contribution in [0.2, 0.25) is 0 Å². The normalized spacial score (nSPS) is 18.1. The number of ether oxygens (including phenoxy) is 1. The van der Waals surface area contributed by atoms with Crippen LogP contribution in [0.15, 0.2) is 53.7 Å². The van der Waals surface area contributed by atoms with Gasteiger partial charge >= 0.3 is 0 Å². The Morgan fingerprint density at radius 1 is 1.18 bits per heavy atom. The lowest BCUT2D eigenvalue weighted by Gasteiger charge is -2.32. The van der Waals surface area contributed by atoms with Gasteiger partial charge in [-0.2, -0.15) is 0 Å². The van der Waals surface area contributed by atoms with Crippen molar-refractivity contribution < 1.29 is 13.9 Å². The number of hydrogen-bond acceptors (Lipinski definition) is 6. The van der Waals surface area contributed by atoms with Crippen molar-refractivity contribution in [3.63, 3.8) is 0 Å². The molecule has 4 rings (SSSR count). The van der Waals surface area contributed by atoms with Crippen molar-refractivity contribution in [1.82, 2.24) is 14.9 Å². The number of carbonyl (C=O) groups excluding carboxylic acids is 1. The number of halogens is 1. The number of rotatable bonds is 4. The van der Waals surface area contributed by atoms with Gasteiger partial charge in [0, 0.05) is 5.69 Å². The number of carbonyl (C=O) groups is 1. The fourth-order valence-corrected chi connectivity index (χ4v) is 4.09. The van der Waals surface area contributed by atoms with Gasteiger partial charge in [-0.25, -0.2) is 9.07 Å². The van der Waals surface area contributed by atoms with Gasteiger partial charge in [-0.1, -0.05) is 23.9 Å². The molecule has 0 bridgehead atoms. The molecule has 0 aliphatic carbocycles. The number of benzene rings is 2. The van der Waals surface area contributed by atoms with E-state index in [1.165, 1.54) is 23.9 Å². The van der Waals surface area contributed by atoms with E-state index in [-0.39, 0.29) is 17.8 Å². The SMILES string of the molecule is COc1ccc(NC(=O)[C@H]2Sc3nnc(C)n3N[C@@H]2c2ccc(F)cc2)cc1. The second kappa shape index (κ2) is 7.51. The Hall–Kier alpha value is -3.07. The van der Waals surface area contributed by atoms with E-state index in [4.69, 9.17) is 4.74 Å². The van der Waals surface area contributed by atoms with E-state index >= 15 is 0 Å². The molecule has 2 atom stereocenters. The maximum atomic E-state index is 13.4. The number of anilines is 1. The zero-order valence-electron chi connectivity index (χ0n) is 15.2. The highest BCUT2D eigenvalue weighted by Crippen LogP contribution is 2.37. The van der Waals surface area contributed by atoms with Gasteiger partial charge in [-0.15, -0.1) is 10.2 Å². The van der Waals surface area contributed by atoms with Crippen LogP contribution >= 0.6 is 11.8 Å². The number of aromatic nitrogens is 3. The summed E-state index contributed by atoms with van der Waals surface area (Å²) in [4.78, 5) is 13.1. The molecule has 2 aromatic carbocycles. The maximum absolute atomic E-state index is 13.4. The molecule has 0 saturated heterocycles. The molecule has 0 saturated carbocycles. The fraction of sp³-hybridized carbons (Fsp3) is 0.211. The van der Waals surface area contributed by atoms with E-state index in [0.29, 0.717) is 22.4 Å². The van der Waals surface area contributed by atoms with Crippen molar-refractivity contribution in [2.45, 2.75) is 23.4 Å². The topological polar surface area (TPSA) is 81.1 Å². The first-order valence-electron chi connectivity index (χ1n) is 8.61. The van der Waals surface area contributed by atoms with Gasteiger partial charge in [0.1, 0.15) is 22.6 Å². The third-order valence-electron chi connectivity index (χ3n) is 4.44. The Kier molecular flexibility index (Phi) is 4.91. The van der Waals surface area contributed by atoms with Crippen molar-refractivity contribution in [3.05, 3.63) is 65.7 Å². The third-order valence-corrected chi connectivity index (χ3v) is 5.66. The van der Waals surface area contributed by atoms with Crippen LogP contribution in [-0.4, -0.2) is 33.1 Å². The Bertz CT molecular complexity index is 991. The number of fused-ring (bicyclic) bond motifs is 1. The molecular weight excluding hydrogens is 381 g/mol. The van der Waals surface area contributed by atoms with Crippen molar-refractivity contribution in [2.24, 2.45) is 0 Å². The van der Waals surface area contributed by atoms with E-state index in [1.54, 1.807) is 48.2 Å². The summed E-state index contributed by atoms with van der Waals surface area (Å²) in [6.45, 7) is 1.82. The minimum Gasteiger partial charge on any atom is -0.497 e. The van der Waals surface area contributed by atoms with Gasteiger partial charge in [0.05, 0.1) is 13.2 Å². The van der Waals surface area contributed by atoms with Gasteiger partial charge in [0.25, 0.3) is 0 Å². The molecule has 9 heteroatoms. The summed E-state index contributed by atoms with van der Waals surface area (Å²) in [5.41, 5.74) is 4.74. The minimum absolute atomic E-state index is 0.191. The van der Waals surface area contributed by atoms with Gasteiger partial charge in [-0.3, -0.25) is 4.79 Å². The molecule has 7 nitrogen and oxygen atoms in total. The van der Waals surface area contributed by atoms with Crippen LogP contribution in [0, 0.1) is 12.7 Å². The van der Waals surface area contributed by atoms with Crippen LogP contribution in [0.1, 0.15) is 17.4 Å². The molecule has 144 valence electrons. The molecule has 0 fully saturated rings. The molecule has 2 heterocycles. The third kappa shape index (κ3) is 3.53. The number of nitrogens with one attached hydrogen (secondary N) is 2. The lowest BCUT2D eigenvalue weighted by atomic mass is 10.0. The van der Waals surface area contributed by atoms with Crippen LogP contribution in [0.3, 0.4) is 0 Å². The Morgan fingerprint density at radius 2 is 1.89 bits per heavy atom. The van der Waals surface area contributed by atoms with Crippen molar-refractivity contribution in [1.29, 1.82) is 0 Å². The van der Waals surface area contributed by atoms with Gasteiger partial charge in [-0.05, 0) is 48.9 Å². The number of thioether (sulfide) groups is 1. The summed E-state index contributed by atoms with van der Waals surface area (Å²) in [6, 6.07) is 12.8. The van der Waals surface area contributed by atoms with Crippen molar-refractivity contribution in [2.75, 3.05) is 17.9 Å². The van der Waals surface area contributed by atoms with Crippen molar-refractivity contribution >= 4 is 23.4 Å². The fourth-order valence-electron chi connectivity index (χ4n) is 2.97. The van der Waals surface area contributed by atoms with Crippen LogP contribution in [0.25, 0.3) is 0 Å². The lowest BCUT2D eigenvalue weighted by molar-refractivity contribution is -0.116. The largest absolute Gasteiger partial charge is 0.497 e. The van der Waals surface area contributed by atoms with E-state index < -0.39 is 5.25 Å².